The summed E-state index contributed by atoms with van der Waals surface area (Å²) in [5.41, 5.74) is 9.65. The van der Waals surface area contributed by atoms with E-state index in [4.69, 9.17) is 19.7 Å². The highest BCUT2D eigenvalue weighted by atomic mass is 16.7. The van der Waals surface area contributed by atoms with Crippen LogP contribution in [-0.4, -0.2) is 42.9 Å². The summed E-state index contributed by atoms with van der Waals surface area (Å²) in [6, 6.07) is 8.96. The summed E-state index contributed by atoms with van der Waals surface area (Å²) < 4.78 is 16.3. The second-order valence-corrected chi connectivity index (χ2v) is 4.89. The third-order valence-corrected chi connectivity index (χ3v) is 3.48. The zero-order valence-corrected chi connectivity index (χ0v) is 12.0. The number of methoxy groups -OCH3 is 1. The number of rotatable bonds is 5. The molecule has 1 aliphatic rings. The van der Waals surface area contributed by atoms with Gasteiger partial charge in [0, 0.05) is 12.0 Å². The van der Waals surface area contributed by atoms with E-state index in [0.29, 0.717) is 6.61 Å². The Hall–Kier alpha value is -1.63. The molecule has 1 aliphatic heterocycles. The van der Waals surface area contributed by atoms with Gasteiger partial charge >= 0.3 is 0 Å². The average Bonchev–Trinajstić information content (AvgIpc) is 2.51. The van der Waals surface area contributed by atoms with E-state index in [9.17, 15) is 5.11 Å². The number of aliphatic hydroxyl groups is 1. The van der Waals surface area contributed by atoms with E-state index in [0.717, 1.165) is 5.56 Å². The van der Waals surface area contributed by atoms with E-state index in [2.05, 4.69) is 10.0 Å². The summed E-state index contributed by atoms with van der Waals surface area (Å²) in [7, 11) is 1.45. The van der Waals surface area contributed by atoms with Crippen molar-refractivity contribution in [2.75, 3.05) is 7.11 Å². The Labute approximate surface area is 123 Å². The van der Waals surface area contributed by atoms with Gasteiger partial charge in [-0.15, -0.1) is 0 Å². The van der Waals surface area contributed by atoms with Crippen LogP contribution in [0.15, 0.2) is 35.4 Å². The predicted molar refractivity (Wildman–Crippen MR) is 75.3 cm³/mol. The molecule has 1 aromatic carbocycles. The lowest BCUT2D eigenvalue weighted by Gasteiger charge is -2.41. The van der Waals surface area contributed by atoms with Crippen molar-refractivity contribution in [3.8, 4) is 0 Å². The van der Waals surface area contributed by atoms with Gasteiger partial charge in [0.25, 0.3) is 0 Å². The molecule has 1 aromatic rings. The number of aliphatic hydroxyl groups excluding tert-OH is 1. The van der Waals surface area contributed by atoms with Crippen molar-refractivity contribution in [1.82, 2.24) is 0 Å². The molecule has 7 nitrogen and oxygen atoms in total. The maximum atomic E-state index is 10.3. The van der Waals surface area contributed by atoms with Crippen molar-refractivity contribution in [2.24, 2.45) is 5.11 Å². The Bertz CT molecular complexity index is 492. The average molecular weight is 293 g/mol. The molecule has 0 bridgehead atoms. The third kappa shape index (κ3) is 3.72. The van der Waals surface area contributed by atoms with Crippen LogP contribution in [0.4, 0.5) is 0 Å². The molecule has 0 radical (unpaired) electrons. The standard InChI is InChI=1S/C14H19N3O4/c1-9-11(16-17-15)13(12(18)14(19-2)21-9)20-8-10-6-4-3-5-7-10/h3-7,9,11-14,18H,8H2,1-2H3/t9-,11-,12+,13+,14+/m1/s1. The van der Waals surface area contributed by atoms with Crippen LogP contribution in [0, 0.1) is 0 Å². The number of ether oxygens (including phenoxy) is 3. The van der Waals surface area contributed by atoms with Crippen molar-refractivity contribution >= 4 is 0 Å². The van der Waals surface area contributed by atoms with Gasteiger partial charge in [-0.2, -0.15) is 0 Å². The summed E-state index contributed by atoms with van der Waals surface area (Å²) in [6.07, 6.45) is -2.92. The fourth-order valence-corrected chi connectivity index (χ4v) is 2.37. The summed E-state index contributed by atoms with van der Waals surface area (Å²) in [4.78, 5) is 2.81. The largest absolute Gasteiger partial charge is 0.385 e. The van der Waals surface area contributed by atoms with Gasteiger partial charge in [-0.25, -0.2) is 0 Å². The van der Waals surface area contributed by atoms with E-state index in [1.54, 1.807) is 6.92 Å². The first-order chi connectivity index (χ1) is 10.2. The normalized spacial score (nSPS) is 32.4. The minimum Gasteiger partial charge on any atom is -0.385 e. The van der Waals surface area contributed by atoms with Crippen LogP contribution >= 0.6 is 0 Å². The van der Waals surface area contributed by atoms with Gasteiger partial charge in [0.1, 0.15) is 6.10 Å². The molecular formula is C14H19N3O4. The van der Waals surface area contributed by atoms with E-state index < -0.39 is 30.6 Å². The minimum absolute atomic E-state index is 0.309. The summed E-state index contributed by atoms with van der Waals surface area (Å²) in [6.45, 7) is 2.07. The fourth-order valence-electron chi connectivity index (χ4n) is 2.37. The number of azide groups is 1. The molecule has 0 aromatic heterocycles. The van der Waals surface area contributed by atoms with Crippen molar-refractivity contribution < 1.29 is 19.3 Å². The summed E-state index contributed by atoms with van der Waals surface area (Å²) in [5, 5.41) is 14.0. The highest BCUT2D eigenvalue weighted by Gasteiger charge is 2.44. The molecule has 1 N–H and O–H groups in total. The van der Waals surface area contributed by atoms with Gasteiger partial charge in [0.2, 0.25) is 0 Å². The molecule has 21 heavy (non-hydrogen) atoms. The lowest BCUT2D eigenvalue weighted by Crippen LogP contribution is -2.57. The van der Waals surface area contributed by atoms with Gasteiger partial charge in [0.15, 0.2) is 6.29 Å². The van der Waals surface area contributed by atoms with Crippen LogP contribution in [0.1, 0.15) is 12.5 Å². The molecule has 0 amide bonds. The molecular weight excluding hydrogens is 274 g/mol. The van der Waals surface area contributed by atoms with Crippen LogP contribution in [0.25, 0.3) is 10.4 Å². The molecule has 114 valence electrons. The van der Waals surface area contributed by atoms with Crippen molar-refractivity contribution in [2.45, 2.75) is 44.2 Å². The molecule has 0 unspecified atom stereocenters. The molecule has 1 heterocycles. The Kier molecular flexibility index (Phi) is 5.55. The molecule has 0 aliphatic carbocycles. The smallest absolute Gasteiger partial charge is 0.185 e. The first-order valence-electron chi connectivity index (χ1n) is 6.73. The first-order valence-corrected chi connectivity index (χ1v) is 6.73. The number of hydrogen-bond donors (Lipinski definition) is 1. The molecule has 7 heteroatoms. The predicted octanol–water partition coefficient (Wildman–Crippen LogP) is 2.00. The third-order valence-electron chi connectivity index (χ3n) is 3.48. The van der Waals surface area contributed by atoms with E-state index in [-0.39, 0.29) is 0 Å². The molecule has 0 saturated carbocycles. The monoisotopic (exact) mass is 293 g/mol. The Morgan fingerprint density at radius 2 is 2.10 bits per heavy atom. The molecule has 2 rings (SSSR count). The van der Waals surface area contributed by atoms with Crippen molar-refractivity contribution in [3.05, 3.63) is 46.3 Å². The lowest BCUT2D eigenvalue weighted by atomic mass is 9.97. The Balaban J connectivity index is 2.11. The van der Waals surface area contributed by atoms with Gasteiger partial charge in [-0.05, 0) is 18.0 Å². The quantitative estimate of drug-likeness (QED) is 0.510. The SMILES string of the molecule is CO[C@H]1O[C@H](C)[C@@H](N=[N+]=[N-])[C@H](OCc2ccccc2)[C@@H]1O. The topological polar surface area (TPSA) is 96.7 Å². The molecule has 1 fully saturated rings. The van der Waals surface area contributed by atoms with Crippen molar-refractivity contribution in [1.29, 1.82) is 0 Å². The van der Waals surface area contributed by atoms with Crippen LogP contribution < -0.4 is 0 Å². The van der Waals surface area contributed by atoms with Gasteiger partial charge < -0.3 is 19.3 Å². The number of nitrogens with zero attached hydrogens (tertiary/aromatic N) is 3. The maximum Gasteiger partial charge on any atom is 0.185 e. The Morgan fingerprint density at radius 3 is 2.71 bits per heavy atom. The second-order valence-electron chi connectivity index (χ2n) is 4.89. The highest BCUT2D eigenvalue weighted by molar-refractivity contribution is 5.13. The second kappa shape index (κ2) is 7.40. The zero-order valence-electron chi connectivity index (χ0n) is 12.0. The van der Waals surface area contributed by atoms with Gasteiger partial charge in [-0.3, -0.25) is 0 Å². The summed E-state index contributed by atoms with van der Waals surface area (Å²) >= 11 is 0. The molecule has 5 atom stereocenters. The minimum atomic E-state index is -1.02. The van der Waals surface area contributed by atoms with Crippen LogP contribution in [0.5, 0.6) is 0 Å². The highest BCUT2D eigenvalue weighted by Crippen LogP contribution is 2.27. The van der Waals surface area contributed by atoms with Crippen LogP contribution in [0.3, 0.4) is 0 Å². The maximum absolute atomic E-state index is 10.3. The Morgan fingerprint density at radius 1 is 1.38 bits per heavy atom. The van der Waals surface area contributed by atoms with Crippen LogP contribution in [-0.2, 0) is 20.8 Å². The number of hydrogen-bond acceptors (Lipinski definition) is 5. The summed E-state index contributed by atoms with van der Waals surface area (Å²) in [5.74, 6) is 0. The number of benzene rings is 1. The van der Waals surface area contributed by atoms with E-state index in [1.165, 1.54) is 7.11 Å². The molecule has 1 saturated heterocycles. The fraction of sp³-hybridized carbons (Fsp3) is 0.571. The lowest BCUT2D eigenvalue weighted by molar-refractivity contribution is -0.269. The zero-order chi connectivity index (χ0) is 15.2. The molecule has 0 spiro atoms. The first kappa shape index (κ1) is 15.8. The van der Waals surface area contributed by atoms with Crippen molar-refractivity contribution in [3.63, 3.8) is 0 Å². The van der Waals surface area contributed by atoms with E-state index in [1.807, 2.05) is 30.3 Å². The van der Waals surface area contributed by atoms with Crippen LogP contribution in [0.2, 0.25) is 0 Å². The van der Waals surface area contributed by atoms with Gasteiger partial charge in [0.05, 0.1) is 24.9 Å². The van der Waals surface area contributed by atoms with E-state index >= 15 is 0 Å². The van der Waals surface area contributed by atoms with Gasteiger partial charge in [-0.1, -0.05) is 35.4 Å².